The van der Waals surface area contributed by atoms with Crippen molar-refractivity contribution in [2.45, 2.75) is 31.7 Å². The molecule has 0 unspecified atom stereocenters. The fourth-order valence-corrected chi connectivity index (χ4v) is 2.49. The minimum atomic E-state index is 0.442. The molecule has 0 radical (unpaired) electrons. The summed E-state index contributed by atoms with van der Waals surface area (Å²) < 4.78 is 1.85. The zero-order valence-electron chi connectivity index (χ0n) is 10.4. The largest absolute Gasteiger partial charge is 0.243 e. The summed E-state index contributed by atoms with van der Waals surface area (Å²) in [5.41, 5.74) is 2.57. The van der Waals surface area contributed by atoms with E-state index in [2.05, 4.69) is 16.4 Å². The van der Waals surface area contributed by atoms with E-state index in [9.17, 15) is 0 Å². The number of nitrogens with zero attached hydrogens (tertiary/aromatic N) is 4. The molecule has 1 aliphatic rings. The van der Waals surface area contributed by atoms with Gasteiger partial charge in [0.1, 0.15) is 6.07 Å². The van der Waals surface area contributed by atoms with Crippen LogP contribution < -0.4 is 0 Å². The van der Waals surface area contributed by atoms with Crippen molar-refractivity contribution in [2.75, 3.05) is 0 Å². The third-order valence-corrected chi connectivity index (χ3v) is 3.87. The average molecular weight is 273 g/mol. The van der Waals surface area contributed by atoms with Crippen LogP contribution in [0.2, 0.25) is 5.02 Å². The van der Waals surface area contributed by atoms with Crippen molar-refractivity contribution in [1.29, 1.82) is 5.26 Å². The predicted molar refractivity (Wildman–Crippen MR) is 71.9 cm³/mol. The van der Waals surface area contributed by atoms with E-state index in [0.29, 0.717) is 18.2 Å². The van der Waals surface area contributed by atoms with Crippen LogP contribution in [0.1, 0.15) is 42.1 Å². The molecule has 1 aliphatic carbocycles. The van der Waals surface area contributed by atoms with Crippen LogP contribution in [0.4, 0.5) is 0 Å². The molecule has 0 atom stereocenters. The van der Waals surface area contributed by atoms with Crippen molar-refractivity contribution in [1.82, 2.24) is 15.0 Å². The van der Waals surface area contributed by atoms with E-state index in [4.69, 9.17) is 16.9 Å². The van der Waals surface area contributed by atoms with Gasteiger partial charge in [0, 0.05) is 10.9 Å². The molecule has 3 rings (SSSR count). The summed E-state index contributed by atoms with van der Waals surface area (Å²) in [7, 11) is 0. The Bertz CT molecular complexity index is 620. The van der Waals surface area contributed by atoms with Gasteiger partial charge in [-0.1, -0.05) is 35.4 Å². The molecular formula is C14H13ClN4. The van der Waals surface area contributed by atoms with Gasteiger partial charge in [0.25, 0.3) is 0 Å². The summed E-state index contributed by atoms with van der Waals surface area (Å²) in [6, 6.07) is 9.82. The van der Waals surface area contributed by atoms with Gasteiger partial charge in [0.05, 0.1) is 12.2 Å². The minimum absolute atomic E-state index is 0.442. The second kappa shape index (κ2) is 5.02. The molecule has 0 spiro atoms. The lowest BCUT2D eigenvalue weighted by molar-refractivity contribution is 0.391. The Kier molecular flexibility index (Phi) is 3.22. The molecule has 2 aromatic rings. The Morgan fingerprint density at radius 2 is 2.05 bits per heavy atom. The fraction of sp³-hybridized carbons (Fsp3) is 0.357. The molecule has 1 fully saturated rings. The summed E-state index contributed by atoms with van der Waals surface area (Å²) in [6.45, 7) is 0.637. The van der Waals surface area contributed by atoms with Crippen LogP contribution in [-0.4, -0.2) is 15.0 Å². The quantitative estimate of drug-likeness (QED) is 0.863. The van der Waals surface area contributed by atoms with Gasteiger partial charge in [0.2, 0.25) is 0 Å². The van der Waals surface area contributed by atoms with E-state index in [0.717, 1.165) is 29.1 Å². The van der Waals surface area contributed by atoms with E-state index in [1.54, 1.807) is 0 Å². The molecule has 4 nitrogen and oxygen atoms in total. The van der Waals surface area contributed by atoms with Crippen molar-refractivity contribution in [3.8, 4) is 6.07 Å². The highest BCUT2D eigenvalue weighted by atomic mass is 35.5. The smallest absolute Gasteiger partial charge is 0.186 e. The molecule has 1 aromatic heterocycles. The van der Waals surface area contributed by atoms with Crippen molar-refractivity contribution in [2.24, 2.45) is 0 Å². The van der Waals surface area contributed by atoms with Crippen LogP contribution in [0.25, 0.3) is 0 Å². The first-order valence-corrected chi connectivity index (χ1v) is 6.73. The maximum absolute atomic E-state index is 9.12. The first-order chi connectivity index (χ1) is 9.28. The second-order valence-electron chi connectivity index (χ2n) is 4.85. The molecule has 1 heterocycles. The number of nitriles is 1. The first-order valence-electron chi connectivity index (χ1n) is 6.36. The average Bonchev–Trinajstić information content (AvgIpc) is 2.73. The summed E-state index contributed by atoms with van der Waals surface area (Å²) in [6.07, 6.45) is 3.48. The maximum Gasteiger partial charge on any atom is 0.186 e. The summed E-state index contributed by atoms with van der Waals surface area (Å²) in [5.74, 6) is 0.442. The standard InChI is InChI=1S/C14H13ClN4/c15-12-6-4-10(5-7-12)9-19-14(11-2-1-3-11)13(8-16)17-18-19/h4-7,11H,1-3,9H2. The molecule has 5 heteroatoms. The Hall–Kier alpha value is -1.86. The van der Waals surface area contributed by atoms with Crippen LogP contribution in [0.5, 0.6) is 0 Å². The van der Waals surface area contributed by atoms with Crippen molar-refractivity contribution in [3.05, 3.63) is 46.2 Å². The number of rotatable bonds is 3. The predicted octanol–water partition coefficient (Wildman–Crippen LogP) is 3.12. The van der Waals surface area contributed by atoms with Crippen molar-refractivity contribution < 1.29 is 0 Å². The lowest BCUT2D eigenvalue weighted by Crippen LogP contribution is -2.16. The van der Waals surface area contributed by atoms with Crippen LogP contribution in [0.3, 0.4) is 0 Å². The molecule has 0 N–H and O–H groups in total. The number of hydrogen-bond acceptors (Lipinski definition) is 3. The number of aromatic nitrogens is 3. The summed E-state index contributed by atoms with van der Waals surface area (Å²) >= 11 is 5.88. The van der Waals surface area contributed by atoms with Gasteiger partial charge < -0.3 is 0 Å². The maximum atomic E-state index is 9.12. The zero-order chi connectivity index (χ0) is 13.2. The summed E-state index contributed by atoms with van der Waals surface area (Å²) in [5, 5.41) is 17.9. The van der Waals surface area contributed by atoms with E-state index >= 15 is 0 Å². The van der Waals surface area contributed by atoms with E-state index in [1.807, 2.05) is 28.9 Å². The van der Waals surface area contributed by atoms with Gasteiger partial charge in [-0.05, 0) is 30.5 Å². The van der Waals surface area contributed by atoms with Gasteiger partial charge in [-0.3, -0.25) is 0 Å². The Morgan fingerprint density at radius 1 is 1.32 bits per heavy atom. The van der Waals surface area contributed by atoms with Gasteiger partial charge in [0.15, 0.2) is 5.69 Å². The molecule has 19 heavy (non-hydrogen) atoms. The minimum Gasteiger partial charge on any atom is -0.243 e. The normalized spacial score (nSPS) is 14.9. The topological polar surface area (TPSA) is 54.5 Å². The Balaban J connectivity index is 1.90. The lowest BCUT2D eigenvalue weighted by atomic mass is 9.82. The SMILES string of the molecule is N#Cc1nnn(Cc2ccc(Cl)cc2)c1C1CCC1. The summed E-state index contributed by atoms with van der Waals surface area (Å²) in [4.78, 5) is 0. The fourth-order valence-electron chi connectivity index (χ4n) is 2.37. The van der Waals surface area contributed by atoms with Gasteiger partial charge in [-0.15, -0.1) is 5.10 Å². The van der Waals surface area contributed by atoms with Gasteiger partial charge in [-0.25, -0.2) is 4.68 Å². The van der Waals surface area contributed by atoms with Crippen LogP contribution in [0.15, 0.2) is 24.3 Å². The van der Waals surface area contributed by atoms with E-state index < -0.39 is 0 Å². The molecule has 0 saturated heterocycles. The lowest BCUT2D eigenvalue weighted by Gasteiger charge is -2.25. The first kappa shape index (κ1) is 12.2. The van der Waals surface area contributed by atoms with E-state index in [1.165, 1.54) is 6.42 Å². The highest BCUT2D eigenvalue weighted by molar-refractivity contribution is 6.30. The molecular weight excluding hydrogens is 260 g/mol. The van der Waals surface area contributed by atoms with Crippen molar-refractivity contribution >= 4 is 11.6 Å². The highest BCUT2D eigenvalue weighted by Gasteiger charge is 2.27. The highest BCUT2D eigenvalue weighted by Crippen LogP contribution is 2.37. The van der Waals surface area contributed by atoms with Crippen LogP contribution in [-0.2, 0) is 6.54 Å². The third kappa shape index (κ3) is 2.34. The molecule has 1 saturated carbocycles. The molecule has 1 aromatic carbocycles. The van der Waals surface area contributed by atoms with Crippen molar-refractivity contribution in [3.63, 3.8) is 0 Å². The second-order valence-corrected chi connectivity index (χ2v) is 5.28. The van der Waals surface area contributed by atoms with Crippen LogP contribution in [0, 0.1) is 11.3 Å². The molecule has 0 amide bonds. The molecule has 0 aliphatic heterocycles. The van der Waals surface area contributed by atoms with E-state index in [-0.39, 0.29) is 0 Å². The third-order valence-electron chi connectivity index (χ3n) is 3.62. The Morgan fingerprint density at radius 3 is 2.63 bits per heavy atom. The zero-order valence-corrected chi connectivity index (χ0v) is 11.1. The molecule has 0 bridgehead atoms. The number of halogens is 1. The molecule has 96 valence electrons. The monoisotopic (exact) mass is 272 g/mol. The van der Waals surface area contributed by atoms with Gasteiger partial charge in [-0.2, -0.15) is 5.26 Å². The number of hydrogen-bond donors (Lipinski definition) is 0. The van der Waals surface area contributed by atoms with Crippen LogP contribution >= 0.6 is 11.6 Å². The van der Waals surface area contributed by atoms with Gasteiger partial charge >= 0.3 is 0 Å². The number of benzene rings is 1. The Labute approximate surface area is 116 Å².